The van der Waals surface area contributed by atoms with E-state index < -0.39 is 5.56 Å². The number of piperazine rings is 1. The molecule has 0 bridgehead atoms. The molecule has 10 nitrogen and oxygen atoms in total. The highest BCUT2D eigenvalue weighted by atomic mass is 35.5. The van der Waals surface area contributed by atoms with Gasteiger partial charge in [-0.2, -0.15) is 4.98 Å². The van der Waals surface area contributed by atoms with Crippen LogP contribution in [0.1, 0.15) is 10.5 Å². The summed E-state index contributed by atoms with van der Waals surface area (Å²) in [5.41, 5.74) is 1.68. The molecule has 0 aliphatic carbocycles. The molecule has 5 rings (SSSR count). The van der Waals surface area contributed by atoms with Crippen molar-refractivity contribution in [2.24, 2.45) is 7.05 Å². The van der Waals surface area contributed by atoms with Gasteiger partial charge in [0, 0.05) is 56.6 Å². The molecule has 1 fully saturated rings. The first-order valence-corrected chi connectivity index (χ1v) is 12.4. The third-order valence-electron chi connectivity index (χ3n) is 6.39. The molecular formula is C25H25Cl2N7O3. The Labute approximate surface area is 222 Å². The number of aryl methyl sites for hydroxylation is 1. The van der Waals surface area contributed by atoms with Crippen molar-refractivity contribution in [2.75, 3.05) is 45.7 Å². The van der Waals surface area contributed by atoms with Crippen LogP contribution in [0.2, 0.25) is 10.0 Å². The van der Waals surface area contributed by atoms with Gasteiger partial charge >= 0.3 is 0 Å². The minimum atomic E-state index is -0.463. The van der Waals surface area contributed by atoms with Crippen LogP contribution in [0, 0.1) is 0 Å². The van der Waals surface area contributed by atoms with E-state index in [1.54, 1.807) is 47.3 Å². The van der Waals surface area contributed by atoms with Crippen molar-refractivity contribution in [2.45, 2.75) is 0 Å². The van der Waals surface area contributed by atoms with Gasteiger partial charge in [0.25, 0.3) is 11.5 Å². The monoisotopic (exact) mass is 541 g/mol. The first-order chi connectivity index (χ1) is 17.8. The molecule has 0 radical (unpaired) electrons. The lowest BCUT2D eigenvalue weighted by molar-refractivity contribution is 0.0654. The normalized spacial score (nSPS) is 14.2. The van der Waals surface area contributed by atoms with Gasteiger partial charge in [-0.25, -0.2) is 4.98 Å². The summed E-state index contributed by atoms with van der Waals surface area (Å²) >= 11 is 12.7. The summed E-state index contributed by atoms with van der Waals surface area (Å²) in [6.45, 7) is 3.07. The largest absolute Gasteiger partial charge is 0.412 e. The lowest BCUT2D eigenvalue weighted by atomic mass is 10.1. The third-order valence-corrected chi connectivity index (χ3v) is 7.02. The summed E-state index contributed by atoms with van der Waals surface area (Å²) < 4.78 is 2.85. The Hall–Kier alpha value is -3.60. The van der Waals surface area contributed by atoms with Crippen LogP contribution in [0.25, 0.3) is 22.2 Å². The van der Waals surface area contributed by atoms with Gasteiger partial charge in [0.05, 0.1) is 21.3 Å². The second kappa shape index (κ2) is 10.0. The highest BCUT2D eigenvalue weighted by Crippen LogP contribution is 2.33. The zero-order chi connectivity index (χ0) is 26.3. The number of hydrogen-bond donors (Lipinski definition) is 1. The standard InChI is InChI=1S/C25H25Cl2N7O3/c1-31-7-9-33(10-8-31)24(36)20-12-16(14-32(20)2)29-25-28-13-15-11-17(21-18(26)5-4-6-19(21)27)23(35)34(37-3)22(15)30-25/h4-6,11-14H,7-10H2,1-3H3,(H,28,29,30). The van der Waals surface area contributed by atoms with Gasteiger partial charge in [0.1, 0.15) is 12.8 Å². The van der Waals surface area contributed by atoms with Gasteiger partial charge in [-0.3, -0.25) is 9.59 Å². The zero-order valence-corrected chi connectivity index (χ0v) is 22.0. The van der Waals surface area contributed by atoms with E-state index in [0.717, 1.165) is 17.8 Å². The molecule has 1 aliphatic rings. The number of nitrogens with one attached hydrogen (secondary N) is 1. The lowest BCUT2D eigenvalue weighted by Gasteiger charge is -2.32. The Morgan fingerprint density at radius 1 is 1.08 bits per heavy atom. The molecule has 3 aromatic heterocycles. The number of benzene rings is 1. The van der Waals surface area contributed by atoms with Crippen molar-refractivity contribution in [1.82, 2.24) is 29.1 Å². The van der Waals surface area contributed by atoms with Gasteiger partial charge < -0.3 is 24.5 Å². The fourth-order valence-electron chi connectivity index (χ4n) is 4.38. The number of anilines is 2. The van der Waals surface area contributed by atoms with Crippen LogP contribution in [0.3, 0.4) is 0 Å². The van der Waals surface area contributed by atoms with Crippen molar-refractivity contribution in [3.63, 3.8) is 0 Å². The number of rotatable bonds is 5. The number of halogens is 2. The fraction of sp³-hybridized carbons (Fsp3) is 0.280. The number of likely N-dealkylation sites (N-methyl/N-ethyl adjacent to an activating group) is 1. The van der Waals surface area contributed by atoms with Crippen molar-refractivity contribution in [3.8, 4) is 11.1 Å². The molecule has 1 aromatic carbocycles. The van der Waals surface area contributed by atoms with E-state index in [1.807, 2.05) is 19.0 Å². The summed E-state index contributed by atoms with van der Waals surface area (Å²) in [4.78, 5) is 44.6. The van der Waals surface area contributed by atoms with Crippen LogP contribution >= 0.6 is 23.2 Å². The average molecular weight is 542 g/mol. The molecule has 4 heterocycles. The molecular weight excluding hydrogens is 517 g/mol. The second-order valence-corrected chi connectivity index (χ2v) is 9.67. The summed E-state index contributed by atoms with van der Waals surface area (Å²) in [7, 11) is 5.24. The molecule has 1 N–H and O–H groups in total. The van der Waals surface area contributed by atoms with E-state index in [0.29, 0.717) is 45.5 Å². The van der Waals surface area contributed by atoms with Gasteiger partial charge in [0.15, 0.2) is 5.65 Å². The van der Waals surface area contributed by atoms with Crippen LogP contribution < -0.4 is 15.7 Å². The van der Waals surface area contributed by atoms with Crippen LogP contribution in [0.4, 0.5) is 11.6 Å². The maximum absolute atomic E-state index is 13.3. The molecule has 1 aliphatic heterocycles. The zero-order valence-electron chi connectivity index (χ0n) is 20.5. The lowest BCUT2D eigenvalue weighted by Crippen LogP contribution is -2.47. The van der Waals surface area contributed by atoms with Gasteiger partial charge in [-0.15, -0.1) is 4.73 Å². The maximum Gasteiger partial charge on any atom is 0.293 e. The minimum absolute atomic E-state index is 0.0259. The molecule has 0 saturated carbocycles. The summed E-state index contributed by atoms with van der Waals surface area (Å²) in [6, 6.07) is 8.43. The topological polar surface area (TPSA) is 97.5 Å². The highest BCUT2D eigenvalue weighted by Gasteiger charge is 2.23. The Morgan fingerprint density at radius 2 is 1.78 bits per heavy atom. The van der Waals surface area contributed by atoms with Gasteiger partial charge in [0.2, 0.25) is 5.95 Å². The van der Waals surface area contributed by atoms with Crippen LogP contribution in [0.15, 0.2) is 47.5 Å². The first kappa shape index (κ1) is 25.1. The smallest absolute Gasteiger partial charge is 0.293 e. The van der Waals surface area contributed by atoms with Crippen molar-refractivity contribution < 1.29 is 9.63 Å². The maximum atomic E-state index is 13.3. The molecule has 192 valence electrons. The molecule has 1 saturated heterocycles. The van der Waals surface area contributed by atoms with E-state index in [4.69, 9.17) is 28.0 Å². The van der Waals surface area contributed by atoms with Crippen LogP contribution in [0.5, 0.6) is 0 Å². The summed E-state index contributed by atoms with van der Waals surface area (Å²) in [5.74, 6) is 0.215. The molecule has 0 atom stereocenters. The van der Waals surface area contributed by atoms with E-state index in [-0.39, 0.29) is 23.1 Å². The van der Waals surface area contributed by atoms with Crippen molar-refractivity contribution in [3.05, 3.63) is 68.8 Å². The molecule has 0 unspecified atom stereocenters. The summed E-state index contributed by atoms with van der Waals surface area (Å²) in [6.07, 6.45) is 3.37. The summed E-state index contributed by atoms with van der Waals surface area (Å²) in [5, 5.41) is 4.36. The number of amides is 1. The number of aromatic nitrogens is 4. The highest BCUT2D eigenvalue weighted by molar-refractivity contribution is 6.39. The number of carbonyl (C=O) groups is 1. The predicted octanol–water partition coefficient (Wildman–Crippen LogP) is 3.29. The fourth-order valence-corrected chi connectivity index (χ4v) is 4.98. The van der Waals surface area contributed by atoms with E-state index >= 15 is 0 Å². The number of fused-ring (bicyclic) bond motifs is 1. The van der Waals surface area contributed by atoms with Gasteiger partial charge in [-0.1, -0.05) is 29.3 Å². The number of pyridine rings is 1. The number of hydrogen-bond acceptors (Lipinski definition) is 7. The SMILES string of the molecule is COn1c(=O)c(-c2c(Cl)cccc2Cl)cc2cnc(Nc3cc(C(=O)N4CCN(C)CC4)n(C)c3)nc21. The number of carbonyl (C=O) groups excluding carboxylic acids is 1. The average Bonchev–Trinajstić information content (AvgIpc) is 3.24. The van der Waals surface area contributed by atoms with Gasteiger partial charge in [-0.05, 0) is 31.3 Å². The molecule has 4 aromatic rings. The Bertz CT molecular complexity index is 1540. The van der Waals surface area contributed by atoms with E-state index in [1.165, 1.54) is 7.11 Å². The predicted molar refractivity (Wildman–Crippen MR) is 144 cm³/mol. The first-order valence-electron chi connectivity index (χ1n) is 11.6. The molecule has 12 heteroatoms. The van der Waals surface area contributed by atoms with Crippen LogP contribution in [-0.4, -0.2) is 75.3 Å². The van der Waals surface area contributed by atoms with Crippen molar-refractivity contribution in [1.29, 1.82) is 0 Å². The van der Waals surface area contributed by atoms with Crippen LogP contribution in [-0.2, 0) is 7.05 Å². The molecule has 1 amide bonds. The number of nitrogens with zero attached hydrogens (tertiary/aromatic N) is 6. The van der Waals surface area contributed by atoms with E-state index in [2.05, 4.69) is 20.2 Å². The minimum Gasteiger partial charge on any atom is -0.412 e. The quantitative estimate of drug-likeness (QED) is 0.414. The second-order valence-electron chi connectivity index (χ2n) is 8.85. The molecule has 0 spiro atoms. The van der Waals surface area contributed by atoms with Crippen molar-refractivity contribution >= 4 is 51.8 Å². The van der Waals surface area contributed by atoms with E-state index in [9.17, 15) is 9.59 Å². The Morgan fingerprint density at radius 3 is 2.46 bits per heavy atom. The third kappa shape index (κ3) is 4.75. The Kier molecular flexibility index (Phi) is 6.80. The molecule has 37 heavy (non-hydrogen) atoms. The Balaban J connectivity index is 1.47.